The van der Waals surface area contributed by atoms with Crippen LogP contribution in [0, 0.1) is 0 Å². The van der Waals surface area contributed by atoms with Crippen molar-refractivity contribution in [1.29, 1.82) is 0 Å². The summed E-state index contributed by atoms with van der Waals surface area (Å²) in [6.45, 7) is 3.36. The van der Waals surface area contributed by atoms with Crippen LogP contribution < -0.4 is 5.32 Å². The van der Waals surface area contributed by atoms with Crippen LogP contribution in [0.25, 0.3) is 0 Å². The third-order valence-electron chi connectivity index (χ3n) is 2.72. The number of nitrogens with one attached hydrogen (secondary N) is 1. The summed E-state index contributed by atoms with van der Waals surface area (Å²) in [5, 5.41) is 2.88. The average molecular weight is 322 g/mol. The summed E-state index contributed by atoms with van der Waals surface area (Å²) in [7, 11) is 0. The zero-order valence-corrected chi connectivity index (χ0v) is 12.4. The lowest BCUT2D eigenvalue weighted by Crippen LogP contribution is -2.25. The van der Waals surface area contributed by atoms with Crippen molar-refractivity contribution in [2.45, 2.75) is 26.4 Å². The molecule has 0 spiro atoms. The highest BCUT2D eigenvalue weighted by Crippen LogP contribution is 2.15. The first-order valence-corrected chi connectivity index (χ1v) is 7.03. The number of carbonyl (C=O) groups is 1. The molecule has 0 unspecified atom stereocenters. The molecule has 0 bridgehead atoms. The van der Waals surface area contributed by atoms with Crippen LogP contribution in [0.5, 0.6) is 0 Å². The van der Waals surface area contributed by atoms with Crippen molar-refractivity contribution in [3.05, 3.63) is 52.5 Å². The minimum atomic E-state index is -0.0789. The predicted molar refractivity (Wildman–Crippen MR) is 77.8 cm³/mol. The van der Waals surface area contributed by atoms with Crippen LogP contribution in [0.1, 0.15) is 29.5 Å². The van der Waals surface area contributed by atoms with Crippen molar-refractivity contribution in [2.75, 3.05) is 0 Å². The quantitative estimate of drug-likeness (QED) is 0.920. The van der Waals surface area contributed by atoms with Crippen LogP contribution in [0.4, 0.5) is 0 Å². The first-order chi connectivity index (χ1) is 9.20. The van der Waals surface area contributed by atoms with Gasteiger partial charge in [-0.25, -0.2) is 0 Å². The molecule has 1 N–H and O–H groups in total. The molecule has 0 radical (unpaired) electrons. The summed E-state index contributed by atoms with van der Waals surface area (Å²) in [5.41, 5.74) is 1.52. The summed E-state index contributed by atoms with van der Waals surface area (Å²) in [6.07, 6.45) is 4.64. The van der Waals surface area contributed by atoms with Gasteiger partial charge in [-0.3, -0.25) is 9.78 Å². The fraction of sp³-hybridized carbons (Fsp3) is 0.286. The van der Waals surface area contributed by atoms with E-state index >= 15 is 0 Å². The van der Waals surface area contributed by atoms with Gasteiger partial charge in [-0.2, -0.15) is 0 Å². The monoisotopic (exact) mass is 321 g/mol. The van der Waals surface area contributed by atoms with Crippen molar-refractivity contribution < 1.29 is 4.79 Å². The van der Waals surface area contributed by atoms with E-state index in [4.69, 9.17) is 0 Å². The zero-order chi connectivity index (χ0) is 13.7. The van der Waals surface area contributed by atoms with E-state index in [0.29, 0.717) is 12.2 Å². The van der Waals surface area contributed by atoms with E-state index in [1.807, 2.05) is 35.0 Å². The fourth-order valence-electron chi connectivity index (χ4n) is 1.86. The highest BCUT2D eigenvalue weighted by molar-refractivity contribution is 9.10. The summed E-state index contributed by atoms with van der Waals surface area (Å²) < 4.78 is 2.88. The number of carbonyl (C=O) groups excluding carboxylic acids is 1. The average Bonchev–Trinajstić information content (AvgIpc) is 2.79. The largest absolute Gasteiger partial charge is 0.345 e. The van der Waals surface area contributed by atoms with Crippen LogP contribution in [0.3, 0.4) is 0 Å². The minimum absolute atomic E-state index is 0.0789. The van der Waals surface area contributed by atoms with Gasteiger partial charge in [0.05, 0.1) is 12.2 Å². The molecule has 2 heterocycles. The van der Waals surface area contributed by atoms with Gasteiger partial charge in [-0.05, 0) is 40.5 Å². The Morgan fingerprint density at radius 3 is 3.00 bits per heavy atom. The number of hydrogen-bond acceptors (Lipinski definition) is 2. The normalized spacial score (nSPS) is 10.4. The molecule has 1 amide bonds. The lowest BCUT2D eigenvalue weighted by atomic mass is 10.3. The summed E-state index contributed by atoms with van der Waals surface area (Å²) in [4.78, 5) is 16.3. The van der Waals surface area contributed by atoms with Crippen molar-refractivity contribution >= 4 is 21.8 Å². The zero-order valence-electron chi connectivity index (χ0n) is 10.8. The molecule has 0 fully saturated rings. The van der Waals surface area contributed by atoms with Gasteiger partial charge in [0.25, 0.3) is 5.91 Å². The number of rotatable bonds is 5. The summed E-state index contributed by atoms with van der Waals surface area (Å²) in [5.74, 6) is -0.0789. The number of hydrogen-bond donors (Lipinski definition) is 1. The Bertz CT molecular complexity index is 551. The highest BCUT2D eigenvalue weighted by atomic mass is 79.9. The van der Waals surface area contributed by atoms with E-state index in [9.17, 15) is 4.79 Å². The molecule has 0 aliphatic rings. The molecule has 2 aromatic rings. The van der Waals surface area contributed by atoms with Crippen LogP contribution in [-0.2, 0) is 13.1 Å². The predicted octanol–water partition coefficient (Wildman–Crippen LogP) is 2.99. The number of nitrogens with zero attached hydrogens (tertiary/aromatic N) is 2. The van der Waals surface area contributed by atoms with Gasteiger partial charge in [-0.15, -0.1) is 0 Å². The molecule has 100 valence electrons. The SMILES string of the molecule is CCCn1cc(Br)cc1C(=O)NCc1ccccn1. The van der Waals surface area contributed by atoms with Crippen LogP contribution in [-0.4, -0.2) is 15.5 Å². The topological polar surface area (TPSA) is 46.9 Å². The Morgan fingerprint density at radius 1 is 1.47 bits per heavy atom. The van der Waals surface area contributed by atoms with Gasteiger partial charge in [-0.1, -0.05) is 13.0 Å². The van der Waals surface area contributed by atoms with E-state index in [1.54, 1.807) is 6.20 Å². The second-order valence-electron chi connectivity index (χ2n) is 4.24. The first-order valence-electron chi connectivity index (χ1n) is 6.24. The Kier molecular flexibility index (Phi) is 4.74. The maximum atomic E-state index is 12.1. The third-order valence-corrected chi connectivity index (χ3v) is 3.15. The molecule has 19 heavy (non-hydrogen) atoms. The molecule has 5 heteroatoms. The Morgan fingerprint density at radius 2 is 2.32 bits per heavy atom. The molecule has 2 aromatic heterocycles. The molecule has 2 rings (SSSR count). The Labute approximate surface area is 121 Å². The number of halogens is 1. The van der Waals surface area contributed by atoms with E-state index < -0.39 is 0 Å². The molecule has 0 aliphatic heterocycles. The van der Waals surface area contributed by atoms with E-state index in [2.05, 4.69) is 33.2 Å². The smallest absolute Gasteiger partial charge is 0.268 e. The highest BCUT2D eigenvalue weighted by Gasteiger charge is 2.12. The standard InChI is InChI=1S/C14H16BrN3O/c1-2-7-18-10-11(15)8-13(18)14(19)17-9-12-5-3-4-6-16-12/h3-6,8,10H,2,7,9H2,1H3,(H,17,19). The molecule has 0 atom stereocenters. The van der Waals surface area contributed by atoms with Gasteiger partial charge in [0.2, 0.25) is 0 Å². The van der Waals surface area contributed by atoms with Crippen molar-refractivity contribution in [3.63, 3.8) is 0 Å². The second-order valence-corrected chi connectivity index (χ2v) is 5.16. The van der Waals surface area contributed by atoms with Gasteiger partial charge in [0.15, 0.2) is 0 Å². The van der Waals surface area contributed by atoms with Crippen LogP contribution in [0.2, 0.25) is 0 Å². The van der Waals surface area contributed by atoms with Gasteiger partial charge >= 0.3 is 0 Å². The summed E-state index contributed by atoms with van der Waals surface area (Å²) in [6, 6.07) is 7.49. The fourth-order valence-corrected chi connectivity index (χ4v) is 2.32. The number of amides is 1. The second kappa shape index (κ2) is 6.52. The number of aryl methyl sites for hydroxylation is 1. The van der Waals surface area contributed by atoms with Crippen molar-refractivity contribution in [3.8, 4) is 0 Å². The Balaban J connectivity index is 2.03. The lowest BCUT2D eigenvalue weighted by Gasteiger charge is -2.08. The summed E-state index contributed by atoms with van der Waals surface area (Å²) >= 11 is 3.40. The van der Waals surface area contributed by atoms with E-state index in [-0.39, 0.29) is 5.91 Å². The third kappa shape index (κ3) is 3.67. The van der Waals surface area contributed by atoms with Crippen molar-refractivity contribution in [2.24, 2.45) is 0 Å². The van der Waals surface area contributed by atoms with Crippen LogP contribution >= 0.6 is 15.9 Å². The minimum Gasteiger partial charge on any atom is -0.345 e. The molecule has 4 nitrogen and oxygen atoms in total. The maximum absolute atomic E-state index is 12.1. The van der Waals surface area contributed by atoms with Crippen molar-refractivity contribution in [1.82, 2.24) is 14.9 Å². The molecular formula is C14H16BrN3O. The molecule has 0 saturated carbocycles. The van der Waals surface area contributed by atoms with Gasteiger partial charge < -0.3 is 9.88 Å². The molecule has 0 saturated heterocycles. The number of pyridine rings is 1. The van der Waals surface area contributed by atoms with E-state index in [1.165, 1.54) is 0 Å². The van der Waals surface area contributed by atoms with Gasteiger partial charge in [0.1, 0.15) is 5.69 Å². The first kappa shape index (κ1) is 13.8. The maximum Gasteiger partial charge on any atom is 0.268 e. The number of aromatic nitrogens is 2. The molecule has 0 aromatic carbocycles. The van der Waals surface area contributed by atoms with Gasteiger partial charge in [0, 0.05) is 23.4 Å². The lowest BCUT2D eigenvalue weighted by molar-refractivity contribution is 0.0941. The van der Waals surface area contributed by atoms with E-state index in [0.717, 1.165) is 23.1 Å². The molecule has 0 aliphatic carbocycles. The Hall–Kier alpha value is -1.62. The van der Waals surface area contributed by atoms with Crippen LogP contribution in [0.15, 0.2) is 41.1 Å². The molecular weight excluding hydrogens is 306 g/mol.